The van der Waals surface area contributed by atoms with Crippen LogP contribution in [0, 0.1) is 0 Å². The van der Waals surface area contributed by atoms with Crippen molar-refractivity contribution in [3.63, 3.8) is 0 Å². The van der Waals surface area contributed by atoms with Gasteiger partial charge in [-0.05, 0) is 295 Å². The standard InChI is InChI=1S/C36H18.2C26H14.C20H12/c1-7-19-8-2-14-23-28(19)22(13-1)31-32(23)34-26-17-5-11-21-12-6-18-27(30(21)26)36(34)35-25-16-4-10-20-9-3-15-24(29(20)25)33(31)35;1-5-15-6-2-10-18-22-14-24-20-12-4-8-16-7-3-11-19(26(16)20)23(24)13-21(22)17(9-1)25(15)18;1-2-8-17-16(7-1)20-11-13-22-18-9-3-5-15-6-4-10-19(24(15)18)23-14-12-21(17)25(20)26(22)23;1-2-6-15-12-19-17-10-4-8-13-7-3-9-16(20(13)17)18(19)11-14(15)5-1/h1-18H;2*1-14H;1-12H. The maximum absolute atomic E-state index is 2.42. The lowest BCUT2D eigenvalue weighted by Gasteiger charge is -2.15. The molecule has 0 bridgehead atoms. The Bertz CT molecular complexity index is 7710. The number of hydrogen-bond donors (Lipinski definition) is 0. The molecule has 27 aromatic rings. The topological polar surface area (TPSA) is 0 Å². The van der Waals surface area contributed by atoms with Crippen LogP contribution in [0.2, 0.25) is 0 Å². The minimum absolute atomic E-state index is 1.32. The van der Waals surface area contributed by atoms with Gasteiger partial charge in [0.2, 0.25) is 0 Å². The van der Waals surface area contributed by atoms with Crippen LogP contribution >= 0.6 is 0 Å². The second kappa shape index (κ2) is 20.9. The van der Waals surface area contributed by atoms with Crippen LogP contribution in [0.5, 0.6) is 0 Å². The monoisotopic (exact) mass is 1350 g/mol. The Hall–Kier alpha value is -14.0. The van der Waals surface area contributed by atoms with Gasteiger partial charge in [0, 0.05) is 0 Å². The zero-order valence-corrected chi connectivity index (χ0v) is 58.5. The second-order valence-corrected chi connectivity index (χ2v) is 30.5. The molecule has 0 heteroatoms. The van der Waals surface area contributed by atoms with E-state index in [1.54, 1.807) is 0 Å². The molecular weight excluding hydrogens is 1300 g/mol. The highest BCUT2D eigenvalue weighted by Gasteiger charge is 2.29. The highest BCUT2D eigenvalue weighted by atomic mass is 14.3. The lowest BCUT2D eigenvalue weighted by molar-refractivity contribution is 1.70. The summed E-state index contributed by atoms with van der Waals surface area (Å²) in [5.74, 6) is 0. The molecule has 0 saturated carbocycles. The van der Waals surface area contributed by atoms with E-state index in [0.29, 0.717) is 0 Å². The second-order valence-electron chi connectivity index (χ2n) is 30.5. The maximum Gasteiger partial charge on any atom is -0.000696 e. The number of rotatable bonds is 0. The average Bonchev–Trinajstić information content (AvgIpc) is 1.50. The van der Waals surface area contributed by atoms with Gasteiger partial charge in [-0.25, -0.2) is 0 Å². The predicted octanol–water partition coefficient (Wildman–Crippen LogP) is 30.9. The molecule has 0 radical (unpaired) electrons. The molecule has 0 aromatic heterocycles. The van der Waals surface area contributed by atoms with Crippen molar-refractivity contribution in [1.29, 1.82) is 0 Å². The molecule has 2 aliphatic rings. The Morgan fingerprint density at radius 3 is 0.583 bits per heavy atom. The fraction of sp³-hybridized carbons (Fsp3) is 0. The van der Waals surface area contributed by atoms with Crippen molar-refractivity contribution in [1.82, 2.24) is 0 Å². The van der Waals surface area contributed by atoms with E-state index in [2.05, 4.69) is 352 Å². The van der Waals surface area contributed by atoms with Crippen LogP contribution in [0.3, 0.4) is 0 Å². The average molecular weight is 1360 g/mol. The maximum atomic E-state index is 2.42. The highest BCUT2D eigenvalue weighted by Crippen LogP contribution is 2.58. The van der Waals surface area contributed by atoms with Gasteiger partial charge in [0.25, 0.3) is 0 Å². The third-order valence-corrected chi connectivity index (χ3v) is 25.5. The molecule has 0 nitrogen and oxygen atoms in total. The van der Waals surface area contributed by atoms with Gasteiger partial charge >= 0.3 is 0 Å². The van der Waals surface area contributed by atoms with Crippen LogP contribution < -0.4 is 0 Å². The van der Waals surface area contributed by atoms with E-state index in [1.807, 2.05) is 0 Å². The third-order valence-electron chi connectivity index (χ3n) is 25.5. The van der Waals surface area contributed by atoms with Crippen molar-refractivity contribution in [3.8, 4) is 44.5 Å². The fourth-order valence-corrected chi connectivity index (χ4v) is 21.3. The largest absolute Gasteiger partial charge is 0.0616 e. The molecule has 29 rings (SSSR count). The Balaban J connectivity index is 0.0000000827. The molecule has 0 fully saturated rings. The normalized spacial score (nSPS) is 12.6. The lowest BCUT2D eigenvalue weighted by Crippen LogP contribution is -1.87. The SMILES string of the molecule is c1cc2cccc3c2c(c1)c1c2c4cccc5cccc(c54)c2c2c4cccc5cccc(c54)c2c31.c1cc2cccc3c4cc5c(cc4c(c1)c23)c1cccc2cccc5c21.c1ccc2c(c1)-c1ccc3c4cccc5cccc(c6ccc-2c1c36)c54.c1ccc2cc3c(cc2c1)-c1cccc2cccc-3c12. The van der Waals surface area contributed by atoms with Crippen LogP contribution in [-0.2, 0) is 0 Å². The van der Waals surface area contributed by atoms with Gasteiger partial charge in [0.1, 0.15) is 0 Å². The van der Waals surface area contributed by atoms with Crippen LogP contribution in [0.1, 0.15) is 0 Å². The number of benzene rings is 22. The highest BCUT2D eigenvalue weighted by molar-refractivity contribution is 6.56. The Labute approximate surface area is 618 Å². The van der Waals surface area contributed by atoms with Crippen molar-refractivity contribution < 1.29 is 0 Å². The van der Waals surface area contributed by atoms with Crippen LogP contribution in [-0.4, -0.2) is 0 Å². The molecule has 0 atom stereocenters. The summed E-state index contributed by atoms with van der Waals surface area (Å²) >= 11 is 0. The molecule has 0 aliphatic heterocycles. The first kappa shape index (κ1) is 57.4. The molecule has 0 spiro atoms. The molecule has 0 saturated heterocycles. The van der Waals surface area contributed by atoms with E-state index >= 15 is 0 Å². The number of fused-ring (bicyclic) bond motifs is 27. The summed E-state index contributed by atoms with van der Waals surface area (Å²) in [5.41, 5.74) is 11.0. The van der Waals surface area contributed by atoms with E-state index in [9.17, 15) is 0 Å². The van der Waals surface area contributed by atoms with E-state index in [-0.39, 0.29) is 0 Å². The number of hydrogen-bond acceptors (Lipinski definition) is 0. The van der Waals surface area contributed by atoms with E-state index in [4.69, 9.17) is 0 Å². The van der Waals surface area contributed by atoms with Crippen molar-refractivity contribution in [2.45, 2.75) is 0 Å². The molecule has 108 heavy (non-hydrogen) atoms. The van der Waals surface area contributed by atoms with Crippen molar-refractivity contribution in [3.05, 3.63) is 352 Å². The quantitative estimate of drug-likeness (QED) is 0.105. The van der Waals surface area contributed by atoms with Crippen LogP contribution in [0.25, 0.3) is 271 Å². The summed E-state index contributed by atoms with van der Waals surface area (Å²) in [5, 5.41) is 57.8. The molecular formula is C108H58. The summed E-state index contributed by atoms with van der Waals surface area (Å²) in [6.07, 6.45) is 0. The van der Waals surface area contributed by atoms with Crippen molar-refractivity contribution >= 4 is 226 Å². The van der Waals surface area contributed by atoms with Gasteiger partial charge in [-0.1, -0.05) is 328 Å². The Morgan fingerprint density at radius 2 is 0.287 bits per heavy atom. The minimum Gasteiger partial charge on any atom is -0.0616 e. The summed E-state index contributed by atoms with van der Waals surface area (Å²) < 4.78 is 0. The van der Waals surface area contributed by atoms with Gasteiger partial charge in [0.05, 0.1) is 0 Å². The van der Waals surface area contributed by atoms with Crippen LogP contribution in [0.4, 0.5) is 0 Å². The molecule has 0 unspecified atom stereocenters. The smallest absolute Gasteiger partial charge is 0.000696 e. The Morgan fingerprint density at radius 1 is 0.0833 bits per heavy atom. The van der Waals surface area contributed by atoms with E-state index < -0.39 is 0 Å². The van der Waals surface area contributed by atoms with Gasteiger partial charge in [0.15, 0.2) is 0 Å². The predicted molar refractivity (Wildman–Crippen MR) is 469 cm³/mol. The summed E-state index contributed by atoms with van der Waals surface area (Å²) in [6.45, 7) is 0. The molecule has 490 valence electrons. The molecule has 0 N–H and O–H groups in total. The van der Waals surface area contributed by atoms with Crippen LogP contribution in [0.15, 0.2) is 352 Å². The first-order chi connectivity index (χ1) is 53.6. The third kappa shape index (κ3) is 7.34. The van der Waals surface area contributed by atoms with Gasteiger partial charge in [-0.15, -0.1) is 0 Å². The van der Waals surface area contributed by atoms with Gasteiger partial charge < -0.3 is 0 Å². The Kier molecular flexibility index (Phi) is 11.1. The van der Waals surface area contributed by atoms with Gasteiger partial charge in [-0.3, -0.25) is 0 Å². The van der Waals surface area contributed by atoms with Crippen molar-refractivity contribution in [2.75, 3.05) is 0 Å². The summed E-state index contributed by atoms with van der Waals surface area (Å²) in [6, 6.07) is 131. The zero-order chi connectivity index (χ0) is 69.9. The molecule has 2 aliphatic carbocycles. The van der Waals surface area contributed by atoms with E-state index in [1.165, 1.54) is 271 Å². The first-order valence-electron chi connectivity index (χ1n) is 38.0. The summed E-state index contributed by atoms with van der Waals surface area (Å²) in [4.78, 5) is 0. The fourth-order valence-electron chi connectivity index (χ4n) is 21.3. The zero-order valence-electron chi connectivity index (χ0n) is 58.5. The summed E-state index contributed by atoms with van der Waals surface area (Å²) in [7, 11) is 0. The lowest BCUT2D eigenvalue weighted by atomic mass is 9.88. The van der Waals surface area contributed by atoms with E-state index in [0.717, 1.165) is 0 Å². The van der Waals surface area contributed by atoms with Gasteiger partial charge in [-0.2, -0.15) is 0 Å². The van der Waals surface area contributed by atoms with Crippen molar-refractivity contribution in [2.24, 2.45) is 0 Å². The first-order valence-corrected chi connectivity index (χ1v) is 38.0. The molecule has 0 heterocycles. The molecule has 27 aromatic carbocycles. The molecule has 0 amide bonds. The minimum atomic E-state index is 1.32.